The van der Waals surface area contributed by atoms with Gasteiger partial charge < -0.3 is 24.8 Å². The number of likely N-dealkylation sites (N-methyl/N-ethyl adjacent to an activating group) is 1. The number of aliphatic hydroxyl groups excluding tert-OH is 1. The van der Waals surface area contributed by atoms with Crippen LogP contribution in [0.15, 0.2) is 24.0 Å². The van der Waals surface area contributed by atoms with E-state index in [0.717, 1.165) is 50.1 Å². The van der Waals surface area contributed by atoms with Crippen LogP contribution in [0.4, 0.5) is 5.69 Å². The number of rotatable bonds is 3. The minimum Gasteiger partial charge on any atom is -0.510 e. The highest BCUT2D eigenvalue weighted by Gasteiger charge is 2.35. The Hall–Kier alpha value is -2.54. The fourth-order valence-electron chi connectivity index (χ4n) is 4.75. The first-order chi connectivity index (χ1) is 13.6. The molecule has 0 amide bonds. The average molecular weight is 380 g/mol. The minimum absolute atomic E-state index is 0.259. The first-order valence-corrected chi connectivity index (χ1v) is 10.3. The van der Waals surface area contributed by atoms with Gasteiger partial charge in [-0.15, -0.1) is 0 Å². The maximum absolute atomic E-state index is 10.6. The normalized spacial score (nSPS) is 22.2. The van der Waals surface area contributed by atoms with Crippen molar-refractivity contribution in [3.63, 3.8) is 0 Å². The molecule has 1 aliphatic carbocycles. The van der Waals surface area contributed by atoms with Crippen LogP contribution in [0.2, 0.25) is 0 Å². The lowest BCUT2D eigenvalue weighted by molar-refractivity contribution is 0.296. The molecule has 0 bridgehead atoms. The second-order valence-electron chi connectivity index (χ2n) is 8.31. The Morgan fingerprint density at radius 2 is 1.89 bits per heavy atom. The number of fused-ring (bicyclic) bond motifs is 1. The van der Waals surface area contributed by atoms with Gasteiger partial charge in [0.15, 0.2) is 0 Å². The summed E-state index contributed by atoms with van der Waals surface area (Å²) in [5.74, 6) is 1.27. The van der Waals surface area contributed by atoms with Crippen molar-refractivity contribution in [2.24, 2.45) is 0 Å². The molecule has 2 aromatic rings. The molecule has 3 aliphatic rings. The van der Waals surface area contributed by atoms with Crippen molar-refractivity contribution < 1.29 is 5.11 Å². The van der Waals surface area contributed by atoms with E-state index in [0.29, 0.717) is 29.8 Å². The molecule has 148 valence electrons. The Balaban J connectivity index is 1.42. The molecule has 1 saturated carbocycles. The number of piperazine rings is 1. The van der Waals surface area contributed by atoms with Crippen LogP contribution < -0.4 is 4.90 Å². The second kappa shape index (κ2) is 6.81. The van der Waals surface area contributed by atoms with Crippen LogP contribution >= 0.6 is 0 Å². The first kappa shape index (κ1) is 17.6. The van der Waals surface area contributed by atoms with Crippen LogP contribution in [0.5, 0.6) is 0 Å². The Morgan fingerprint density at radius 1 is 1.14 bits per heavy atom. The Morgan fingerprint density at radius 3 is 2.64 bits per heavy atom. The smallest absolute Gasteiger partial charge is 0.145 e. The molecule has 2 fully saturated rings. The number of aromatic nitrogens is 2. The number of amidine groups is 1. The number of aliphatic hydroxyl groups is 1. The summed E-state index contributed by atoms with van der Waals surface area (Å²) < 4.78 is 0. The van der Waals surface area contributed by atoms with Crippen molar-refractivity contribution >= 4 is 28.1 Å². The highest BCUT2D eigenvalue weighted by Crippen LogP contribution is 2.33. The molecule has 0 spiro atoms. The van der Waals surface area contributed by atoms with E-state index in [1.54, 1.807) is 0 Å². The van der Waals surface area contributed by atoms with Gasteiger partial charge in [0.05, 0.1) is 23.2 Å². The summed E-state index contributed by atoms with van der Waals surface area (Å²) in [6, 6.07) is 6.67. The molecule has 3 N–H and O–H groups in total. The zero-order chi connectivity index (χ0) is 19.3. The lowest BCUT2D eigenvalue weighted by Crippen LogP contribution is -2.44. The zero-order valence-corrected chi connectivity index (χ0v) is 16.4. The Labute approximate surface area is 165 Å². The predicted octanol–water partition coefficient (Wildman–Crippen LogP) is 2.82. The number of benzene rings is 1. The summed E-state index contributed by atoms with van der Waals surface area (Å²) in [4.78, 5) is 14.8. The maximum Gasteiger partial charge on any atom is 0.145 e. The lowest BCUT2D eigenvalue weighted by atomic mass is 10.2. The molecule has 3 heterocycles. The molecular weight excluding hydrogens is 352 g/mol. The number of hydrogen-bond donors (Lipinski definition) is 3. The van der Waals surface area contributed by atoms with E-state index in [1.807, 2.05) is 11.0 Å². The summed E-state index contributed by atoms with van der Waals surface area (Å²) in [7, 11) is 2.16. The summed E-state index contributed by atoms with van der Waals surface area (Å²) in [6.45, 7) is 4.62. The van der Waals surface area contributed by atoms with Gasteiger partial charge in [-0.2, -0.15) is 0 Å². The maximum atomic E-state index is 10.6. The van der Waals surface area contributed by atoms with E-state index in [2.05, 4.69) is 38.9 Å². The third-order valence-electron chi connectivity index (χ3n) is 6.47. The molecule has 2 aliphatic heterocycles. The summed E-state index contributed by atoms with van der Waals surface area (Å²) in [5.41, 5.74) is 3.59. The Bertz CT molecular complexity index is 934. The van der Waals surface area contributed by atoms with Gasteiger partial charge in [0.2, 0.25) is 0 Å². The predicted molar refractivity (Wildman–Crippen MR) is 112 cm³/mol. The van der Waals surface area contributed by atoms with Gasteiger partial charge in [0.25, 0.3) is 0 Å². The van der Waals surface area contributed by atoms with Gasteiger partial charge in [-0.1, -0.05) is 12.8 Å². The van der Waals surface area contributed by atoms with Crippen LogP contribution in [0.3, 0.4) is 0 Å². The van der Waals surface area contributed by atoms with Crippen molar-refractivity contribution in [1.29, 1.82) is 5.41 Å². The third kappa shape index (κ3) is 2.94. The molecule has 7 nitrogen and oxygen atoms in total. The SMILES string of the molecule is CN1CCN(c2ccc3nc(C4=C(O)CN(C5CCCC5)C4=N)[nH]c3c2)CC1. The van der Waals surface area contributed by atoms with Crippen LogP contribution in [-0.4, -0.2) is 76.5 Å². The van der Waals surface area contributed by atoms with E-state index in [9.17, 15) is 5.11 Å². The zero-order valence-electron chi connectivity index (χ0n) is 16.4. The summed E-state index contributed by atoms with van der Waals surface area (Å²) >= 11 is 0. The van der Waals surface area contributed by atoms with E-state index in [1.165, 1.54) is 18.5 Å². The molecule has 1 aromatic heterocycles. The molecular formula is C21H28N6O. The van der Waals surface area contributed by atoms with Gasteiger partial charge in [-0.3, -0.25) is 5.41 Å². The van der Waals surface area contributed by atoms with Gasteiger partial charge in [-0.05, 0) is 38.1 Å². The third-order valence-corrected chi connectivity index (χ3v) is 6.47. The number of imidazole rings is 1. The molecule has 1 saturated heterocycles. The largest absolute Gasteiger partial charge is 0.510 e. The highest BCUT2D eigenvalue weighted by molar-refractivity contribution is 6.23. The number of anilines is 1. The minimum atomic E-state index is 0.259. The van der Waals surface area contributed by atoms with Gasteiger partial charge >= 0.3 is 0 Å². The average Bonchev–Trinajstić information content (AvgIpc) is 3.40. The summed E-state index contributed by atoms with van der Waals surface area (Å²) in [6.07, 6.45) is 4.64. The van der Waals surface area contributed by atoms with Crippen molar-refractivity contribution in [2.75, 3.05) is 44.7 Å². The van der Waals surface area contributed by atoms with Crippen LogP contribution in [0.25, 0.3) is 16.6 Å². The number of nitrogens with zero attached hydrogens (tertiary/aromatic N) is 4. The van der Waals surface area contributed by atoms with Gasteiger partial charge in [0.1, 0.15) is 17.4 Å². The van der Waals surface area contributed by atoms with E-state index in [4.69, 9.17) is 5.41 Å². The standard InChI is InChI=1S/C21H28N6O/c1-25-8-10-26(11-9-25)15-6-7-16-17(12-15)24-21(23-16)19-18(28)13-27(20(19)22)14-4-2-3-5-14/h6-7,12,14,22,28H,2-5,8-11,13H2,1H3,(H,23,24). The molecule has 1 aromatic carbocycles. The van der Waals surface area contributed by atoms with E-state index in [-0.39, 0.29) is 5.76 Å². The molecule has 0 unspecified atom stereocenters. The van der Waals surface area contributed by atoms with Crippen molar-refractivity contribution in [3.8, 4) is 0 Å². The van der Waals surface area contributed by atoms with E-state index >= 15 is 0 Å². The molecule has 28 heavy (non-hydrogen) atoms. The van der Waals surface area contributed by atoms with Crippen molar-refractivity contribution in [2.45, 2.75) is 31.7 Å². The van der Waals surface area contributed by atoms with Gasteiger partial charge in [-0.25, -0.2) is 4.98 Å². The van der Waals surface area contributed by atoms with Crippen LogP contribution in [-0.2, 0) is 0 Å². The molecule has 7 heteroatoms. The monoisotopic (exact) mass is 380 g/mol. The second-order valence-corrected chi connectivity index (χ2v) is 8.31. The number of aromatic amines is 1. The van der Waals surface area contributed by atoms with Crippen molar-refractivity contribution in [3.05, 3.63) is 29.8 Å². The first-order valence-electron chi connectivity index (χ1n) is 10.3. The quantitative estimate of drug-likeness (QED) is 0.763. The lowest BCUT2D eigenvalue weighted by Gasteiger charge is -2.34. The molecule has 0 atom stereocenters. The number of nitrogens with one attached hydrogen (secondary N) is 2. The van der Waals surface area contributed by atoms with Crippen molar-refractivity contribution in [1.82, 2.24) is 19.8 Å². The topological polar surface area (TPSA) is 82.5 Å². The number of H-pyrrole nitrogens is 1. The summed E-state index contributed by atoms with van der Waals surface area (Å²) in [5, 5.41) is 19.2. The Kier molecular flexibility index (Phi) is 4.27. The fraction of sp³-hybridized carbons (Fsp3) is 0.524. The molecule has 5 rings (SSSR count). The van der Waals surface area contributed by atoms with E-state index < -0.39 is 0 Å². The number of hydrogen-bond acceptors (Lipinski definition) is 5. The molecule has 0 radical (unpaired) electrons. The highest BCUT2D eigenvalue weighted by atomic mass is 16.3. The van der Waals surface area contributed by atoms with Crippen LogP contribution in [0, 0.1) is 5.41 Å². The fourth-order valence-corrected chi connectivity index (χ4v) is 4.75. The van der Waals surface area contributed by atoms with Gasteiger partial charge in [0, 0.05) is 37.9 Å². The van der Waals surface area contributed by atoms with Crippen LogP contribution in [0.1, 0.15) is 31.5 Å².